The van der Waals surface area contributed by atoms with Crippen LogP contribution in [0.25, 0.3) is 5.65 Å². The van der Waals surface area contributed by atoms with Crippen LogP contribution in [0.15, 0.2) is 54.9 Å². The summed E-state index contributed by atoms with van der Waals surface area (Å²) in [6.07, 6.45) is 3.78. The summed E-state index contributed by atoms with van der Waals surface area (Å²) in [5, 5.41) is 8.91. The zero-order chi connectivity index (χ0) is 17.2. The smallest absolute Gasteiger partial charge is 0.309 e. The highest BCUT2D eigenvalue weighted by Crippen LogP contribution is 2.21. The topological polar surface area (TPSA) is 61.1 Å². The third-order valence-electron chi connectivity index (χ3n) is 4.58. The van der Waals surface area contributed by atoms with Crippen molar-refractivity contribution in [3.05, 3.63) is 60.6 Å². The molecule has 1 aromatic carbocycles. The molecule has 1 fully saturated rings. The molecule has 1 saturated heterocycles. The van der Waals surface area contributed by atoms with Crippen LogP contribution in [0.1, 0.15) is 5.69 Å². The number of piperazine rings is 1. The van der Waals surface area contributed by atoms with Crippen molar-refractivity contribution in [3.8, 4) is 0 Å². The Morgan fingerprint density at radius 3 is 2.28 bits per heavy atom. The maximum Gasteiger partial charge on any atom is 0.309 e. The Balaban J connectivity index is 1.48. The molecular weight excluding hydrogens is 316 g/mol. The van der Waals surface area contributed by atoms with Crippen molar-refractivity contribution in [3.63, 3.8) is 0 Å². The van der Waals surface area contributed by atoms with Gasteiger partial charge in [0.2, 0.25) is 0 Å². The summed E-state index contributed by atoms with van der Waals surface area (Å²) in [6.45, 7) is 3.88. The lowest BCUT2D eigenvalue weighted by molar-refractivity contribution is -0.136. The molecule has 0 spiro atoms. The van der Waals surface area contributed by atoms with E-state index >= 15 is 0 Å². The molecule has 0 aliphatic carbocycles. The van der Waals surface area contributed by atoms with Crippen LogP contribution in [0, 0.1) is 0 Å². The first-order valence-electron chi connectivity index (χ1n) is 8.43. The van der Waals surface area contributed by atoms with Gasteiger partial charge in [0.15, 0.2) is 0 Å². The second-order valence-corrected chi connectivity index (χ2v) is 6.27. The largest absolute Gasteiger partial charge is 0.481 e. The first-order valence-corrected chi connectivity index (χ1v) is 8.43. The number of anilines is 2. The van der Waals surface area contributed by atoms with Crippen LogP contribution in [0.5, 0.6) is 0 Å². The predicted molar refractivity (Wildman–Crippen MR) is 97.4 cm³/mol. The van der Waals surface area contributed by atoms with Crippen molar-refractivity contribution < 1.29 is 9.90 Å². The van der Waals surface area contributed by atoms with E-state index in [2.05, 4.69) is 45.1 Å². The fourth-order valence-electron chi connectivity index (χ4n) is 3.32. The number of hydrogen-bond acceptors (Lipinski definition) is 4. The normalized spacial score (nSPS) is 14.9. The van der Waals surface area contributed by atoms with Gasteiger partial charge < -0.3 is 19.3 Å². The minimum Gasteiger partial charge on any atom is -0.481 e. The summed E-state index contributed by atoms with van der Waals surface area (Å²) in [4.78, 5) is 19.9. The molecule has 128 valence electrons. The van der Waals surface area contributed by atoms with Crippen LogP contribution < -0.4 is 9.80 Å². The van der Waals surface area contributed by atoms with Gasteiger partial charge in [0.1, 0.15) is 5.65 Å². The molecule has 0 radical (unpaired) electrons. The number of nitrogens with zero attached hydrogens (tertiary/aromatic N) is 4. The molecule has 0 atom stereocenters. The number of pyridine rings is 1. The van der Waals surface area contributed by atoms with Crippen LogP contribution in [0.3, 0.4) is 0 Å². The van der Waals surface area contributed by atoms with Gasteiger partial charge in [-0.1, -0.05) is 18.2 Å². The highest BCUT2D eigenvalue weighted by atomic mass is 16.4. The van der Waals surface area contributed by atoms with Crippen molar-refractivity contribution in [1.29, 1.82) is 0 Å². The molecule has 4 rings (SSSR count). The SMILES string of the molecule is O=C(O)Cc1cn2cc(N3CCN(c4ccccc4)CC3)ccc2n1. The summed E-state index contributed by atoms with van der Waals surface area (Å²) in [5.74, 6) is -0.860. The average Bonchev–Trinajstić information content (AvgIpc) is 3.03. The van der Waals surface area contributed by atoms with Crippen LogP contribution in [0.2, 0.25) is 0 Å². The van der Waals surface area contributed by atoms with Gasteiger partial charge in [0.25, 0.3) is 0 Å². The molecule has 25 heavy (non-hydrogen) atoms. The molecular formula is C19H20N4O2. The zero-order valence-electron chi connectivity index (χ0n) is 13.9. The van der Waals surface area contributed by atoms with E-state index in [0.29, 0.717) is 5.69 Å². The summed E-state index contributed by atoms with van der Waals surface area (Å²) >= 11 is 0. The number of fused-ring (bicyclic) bond motifs is 1. The van der Waals surface area contributed by atoms with Crippen LogP contribution in [0.4, 0.5) is 11.4 Å². The number of aromatic nitrogens is 2. The van der Waals surface area contributed by atoms with Crippen molar-refractivity contribution in [2.45, 2.75) is 6.42 Å². The van der Waals surface area contributed by atoms with Gasteiger partial charge in [-0.05, 0) is 24.3 Å². The molecule has 6 nitrogen and oxygen atoms in total. The van der Waals surface area contributed by atoms with Gasteiger partial charge in [0.05, 0.1) is 17.8 Å². The molecule has 2 aromatic heterocycles. The number of para-hydroxylation sites is 1. The third kappa shape index (κ3) is 3.28. The van der Waals surface area contributed by atoms with E-state index in [1.807, 2.05) is 22.7 Å². The zero-order valence-corrected chi connectivity index (χ0v) is 13.9. The van der Waals surface area contributed by atoms with Gasteiger partial charge in [-0.15, -0.1) is 0 Å². The third-order valence-corrected chi connectivity index (χ3v) is 4.58. The summed E-state index contributed by atoms with van der Waals surface area (Å²) in [6, 6.07) is 14.5. The van der Waals surface area contributed by atoms with Crippen LogP contribution in [-0.2, 0) is 11.2 Å². The molecule has 1 aliphatic rings. The Morgan fingerprint density at radius 1 is 0.920 bits per heavy atom. The lowest BCUT2D eigenvalue weighted by Crippen LogP contribution is -2.46. The summed E-state index contributed by atoms with van der Waals surface area (Å²) in [7, 11) is 0. The standard InChI is InChI=1S/C19H20N4O2/c24-19(25)12-15-13-23-14-17(6-7-18(23)20-15)22-10-8-21(9-11-22)16-4-2-1-3-5-16/h1-7,13-14H,8-12H2,(H,24,25). The highest BCUT2D eigenvalue weighted by molar-refractivity contribution is 5.70. The van der Waals surface area contributed by atoms with Gasteiger partial charge in [-0.25, -0.2) is 4.98 Å². The van der Waals surface area contributed by atoms with Crippen molar-refractivity contribution in [1.82, 2.24) is 9.38 Å². The van der Waals surface area contributed by atoms with Gasteiger partial charge in [-0.3, -0.25) is 4.79 Å². The predicted octanol–water partition coefficient (Wildman–Crippen LogP) is 2.29. The highest BCUT2D eigenvalue weighted by Gasteiger charge is 2.18. The lowest BCUT2D eigenvalue weighted by Gasteiger charge is -2.37. The number of rotatable bonds is 4. The monoisotopic (exact) mass is 336 g/mol. The Kier molecular flexibility index (Phi) is 4.01. The van der Waals surface area contributed by atoms with E-state index in [1.165, 1.54) is 5.69 Å². The van der Waals surface area contributed by atoms with E-state index in [-0.39, 0.29) is 6.42 Å². The van der Waals surface area contributed by atoms with Crippen molar-refractivity contribution >= 4 is 23.0 Å². The molecule has 0 bridgehead atoms. The summed E-state index contributed by atoms with van der Waals surface area (Å²) < 4.78 is 1.91. The molecule has 6 heteroatoms. The van der Waals surface area contributed by atoms with Crippen LogP contribution in [-0.4, -0.2) is 46.6 Å². The summed E-state index contributed by atoms with van der Waals surface area (Å²) in [5.41, 5.74) is 3.77. The maximum atomic E-state index is 10.8. The number of carboxylic acid groups (broad SMARTS) is 1. The second-order valence-electron chi connectivity index (χ2n) is 6.27. The van der Waals surface area contributed by atoms with Crippen LogP contribution >= 0.6 is 0 Å². The van der Waals surface area contributed by atoms with E-state index in [1.54, 1.807) is 6.20 Å². The first kappa shape index (κ1) is 15.5. The van der Waals surface area contributed by atoms with E-state index in [0.717, 1.165) is 37.5 Å². The fourth-order valence-corrected chi connectivity index (χ4v) is 3.32. The number of hydrogen-bond donors (Lipinski definition) is 1. The molecule has 0 unspecified atom stereocenters. The molecule has 3 heterocycles. The minimum atomic E-state index is -0.860. The van der Waals surface area contributed by atoms with Crippen molar-refractivity contribution in [2.75, 3.05) is 36.0 Å². The molecule has 1 N–H and O–H groups in total. The Labute approximate surface area is 145 Å². The second kappa shape index (κ2) is 6.47. The van der Waals surface area contributed by atoms with E-state index in [9.17, 15) is 4.79 Å². The molecule has 0 saturated carbocycles. The number of carboxylic acids is 1. The van der Waals surface area contributed by atoms with Gasteiger partial charge in [0, 0.05) is 44.3 Å². The maximum absolute atomic E-state index is 10.8. The quantitative estimate of drug-likeness (QED) is 0.792. The Morgan fingerprint density at radius 2 is 1.60 bits per heavy atom. The number of benzene rings is 1. The van der Waals surface area contributed by atoms with Gasteiger partial charge in [-0.2, -0.15) is 0 Å². The Hall–Kier alpha value is -3.02. The van der Waals surface area contributed by atoms with E-state index < -0.39 is 5.97 Å². The number of imidazole rings is 1. The average molecular weight is 336 g/mol. The lowest BCUT2D eigenvalue weighted by atomic mass is 10.2. The molecule has 1 aliphatic heterocycles. The first-order chi connectivity index (χ1) is 12.2. The fraction of sp³-hybridized carbons (Fsp3) is 0.263. The number of carbonyl (C=O) groups is 1. The number of aliphatic carboxylic acids is 1. The minimum absolute atomic E-state index is 0.0488. The van der Waals surface area contributed by atoms with Gasteiger partial charge >= 0.3 is 5.97 Å². The van der Waals surface area contributed by atoms with Crippen molar-refractivity contribution in [2.24, 2.45) is 0 Å². The molecule has 3 aromatic rings. The van der Waals surface area contributed by atoms with E-state index in [4.69, 9.17) is 5.11 Å². The Bertz CT molecular complexity index is 883. The molecule has 0 amide bonds.